The quantitative estimate of drug-likeness (QED) is 0.160. The van der Waals surface area contributed by atoms with Gasteiger partial charge in [0.15, 0.2) is 0 Å². The summed E-state index contributed by atoms with van der Waals surface area (Å²) in [4.78, 5) is 15.9. The van der Waals surface area contributed by atoms with Crippen LogP contribution in [0, 0.1) is 0 Å². The van der Waals surface area contributed by atoms with Crippen molar-refractivity contribution in [3.63, 3.8) is 0 Å². The van der Waals surface area contributed by atoms with Gasteiger partial charge in [0.2, 0.25) is 0 Å². The van der Waals surface area contributed by atoms with Crippen LogP contribution in [0.5, 0.6) is 0 Å². The Bertz CT molecular complexity index is 3980. The van der Waals surface area contributed by atoms with Gasteiger partial charge in [-0.05, 0) is 196 Å². The lowest BCUT2D eigenvalue weighted by atomic mass is 9.33. The van der Waals surface area contributed by atoms with E-state index in [2.05, 4.69) is 276 Å². The molecule has 5 heterocycles. The molecule has 0 radical (unpaired) electrons. The molecule has 6 aliphatic rings. The van der Waals surface area contributed by atoms with Crippen LogP contribution in [-0.4, -0.2) is 22.8 Å². The first-order valence-corrected chi connectivity index (χ1v) is 32.2. The summed E-state index contributed by atoms with van der Waals surface area (Å²) < 4.78 is 0. The molecular formula is C79H90BN5. The predicted molar refractivity (Wildman–Crippen MR) is 364 cm³/mol. The molecule has 0 N–H and O–H groups in total. The van der Waals surface area contributed by atoms with Crippen molar-refractivity contribution in [2.75, 3.05) is 19.6 Å². The van der Waals surface area contributed by atoms with Crippen molar-refractivity contribution in [1.82, 2.24) is 4.98 Å². The number of hydrogen-bond donors (Lipinski definition) is 0. The molecule has 2 fully saturated rings. The van der Waals surface area contributed by atoms with E-state index >= 15 is 0 Å². The molecule has 6 heteroatoms. The van der Waals surface area contributed by atoms with E-state index in [0.717, 1.165) is 25.0 Å². The highest BCUT2D eigenvalue weighted by atomic mass is 15.3. The van der Waals surface area contributed by atoms with Crippen molar-refractivity contribution in [2.45, 2.75) is 206 Å². The number of pyridine rings is 1. The molecule has 2 saturated carbocycles. The number of hydrogen-bond acceptors (Lipinski definition) is 5. The first-order chi connectivity index (χ1) is 40.1. The van der Waals surface area contributed by atoms with E-state index in [1.807, 2.05) is 12.3 Å². The van der Waals surface area contributed by atoms with Crippen LogP contribution in [0.25, 0.3) is 11.3 Å². The number of rotatable bonds is 5. The highest BCUT2D eigenvalue weighted by Gasteiger charge is 2.60. The van der Waals surface area contributed by atoms with Crippen molar-refractivity contribution in [2.24, 2.45) is 0 Å². The third-order valence-corrected chi connectivity index (χ3v) is 22.4. The maximum absolute atomic E-state index is 4.87. The zero-order chi connectivity index (χ0) is 59.8. The Morgan fingerprint density at radius 3 is 1.35 bits per heavy atom. The average molecular weight is 1120 g/mol. The molecule has 0 bridgehead atoms. The van der Waals surface area contributed by atoms with Gasteiger partial charge in [-0.15, -0.1) is 0 Å². The predicted octanol–water partition coefficient (Wildman–Crippen LogP) is 19.5. The molecular weight excluding hydrogens is 1030 g/mol. The Balaban J connectivity index is 1.08. The first-order valence-electron chi connectivity index (χ1n) is 32.2. The van der Waals surface area contributed by atoms with E-state index in [0.29, 0.717) is 0 Å². The van der Waals surface area contributed by atoms with Crippen LogP contribution in [0.1, 0.15) is 196 Å². The lowest BCUT2D eigenvalue weighted by Gasteiger charge is -2.51. The smallest absolute Gasteiger partial charge is 0.252 e. The van der Waals surface area contributed by atoms with Crippen LogP contribution in [0.2, 0.25) is 0 Å². The van der Waals surface area contributed by atoms with Crippen molar-refractivity contribution in [3.8, 4) is 11.3 Å². The summed E-state index contributed by atoms with van der Waals surface area (Å²) in [6, 6.07) is 60.7. The Labute approximate surface area is 510 Å². The van der Waals surface area contributed by atoms with Gasteiger partial charge in [0, 0.05) is 79.5 Å². The summed E-state index contributed by atoms with van der Waals surface area (Å²) in [6.07, 6.45) is 11.4. The van der Waals surface area contributed by atoms with E-state index in [4.69, 9.17) is 4.98 Å². The van der Waals surface area contributed by atoms with Crippen molar-refractivity contribution in [1.29, 1.82) is 0 Å². The average Bonchev–Trinajstić information content (AvgIpc) is 1.71. The zero-order valence-corrected chi connectivity index (χ0v) is 54.0. The largest absolute Gasteiger partial charge is 0.334 e. The minimum atomic E-state index is -0.168. The number of aromatic nitrogens is 1. The van der Waals surface area contributed by atoms with Crippen molar-refractivity contribution < 1.29 is 0 Å². The van der Waals surface area contributed by atoms with Gasteiger partial charge in [0.05, 0.1) is 16.8 Å². The molecule has 85 heavy (non-hydrogen) atoms. The molecule has 434 valence electrons. The van der Waals surface area contributed by atoms with Gasteiger partial charge in [0.1, 0.15) is 0 Å². The topological polar surface area (TPSA) is 25.9 Å². The second-order valence-corrected chi connectivity index (χ2v) is 31.6. The van der Waals surface area contributed by atoms with E-state index in [-0.39, 0.29) is 50.3 Å². The fraction of sp³-hybridized carbons (Fsp3) is 0.405. The van der Waals surface area contributed by atoms with Crippen LogP contribution >= 0.6 is 0 Å². The molecule has 4 unspecified atom stereocenters. The minimum Gasteiger partial charge on any atom is -0.334 e. The standard InChI is InChI=1S/C79H90BN5/c1-72(2,3)52-25-31-56(32-26-52)82-67-39-30-55(75(10,11)12)47-63(67)80-62-36-35-58(84-65-37-24-51(64-23-17-22-44-81-64)45-60(65)76(13)40-18-20-42-78(76,84)15)48-68(62)83(57-33-27-53(28-34-57)73(4,5)6)70-50-59(49-69(82)71(70)80)85-66-38-29-54(74(7,8)9)46-61(66)77(14)41-19-21-43-79(77,85)16/h17,22-39,44-50H,18-21,40-43H2,1-16H3. The van der Waals surface area contributed by atoms with Crippen LogP contribution in [0.4, 0.5) is 56.9 Å². The van der Waals surface area contributed by atoms with E-state index in [9.17, 15) is 0 Å². The summed E-state index contributed by atoms with van der Waals surface area (Å²) in [6.45, 7) is 38.6. The van der Waals surface area contributed by atoms with Crippen LogP contribution in [0.15, 0.2) is 158 Å². The van der Waals surface area contributed by atoms with Crippen LogP contribution in [-0.2, 0) is 32.5 Å². The highest BCUT2D eigenvalue weighted by molar-refractivity contribution is 7.00. The van der Waals surface area contributed by atoms with Crippen LogP contribution < -0.4 is 36.0 Å². The number of benzene rings is 7. The molecule has 4 aliphatic heterocycles. The molecule has 14 rings (SSSR count). The van der Waals surface area contributed by atoms with Gasteiger partial charge < -0.3 is 19.6 Å². The fourth-order valence-corrected chi connectivity index (χ4v) is 16.9. The second kappa shape index (κ2) is 18.7. The zero-order valence-electron chi connectivity index (χ0n) is 54.0. The minimum absolute atomic E-state index is 0.00699. The summed E-state index contributed by atoms with van der Waals surface area (Å²) in [5, 5.41) is 0. The summed E-state index contributed by atoms with van der Waals surface area (Å²) in [5.41, 5.74) is 26.8. The Kier molecular flexibility index (Phi) is 12.3. The summed E-state index contributed by atoms with van der Waals surface area (Å²) in [5.74, 6) is 0. The van der Waals surface area contributed by atoms with Crippen molar-refractivity contribution in [3.05, 3.63) is 191 Å². The molecule has 0 spiro atoms. The second-order valence-electron chi connectivity index (χ2n) is 31.6. The molecule has 2 aliphatic carbocycles. The number of nitrogens with zero attached hydrogens (tertiary/aromatic N) is 5. The summed E-state index contributed by atoms with van der Waals surface area (Å²) in [7, 11) is 0. The fourth-order valence-electron chi connectivity index (χ4n) is 16.9. The number of anilines is 10. The summed E-state index contributed by atoms with van der Waals surface area (Å²) >= 11 is 0. The lowest BCUT2D eigenvalue weighted by Crippen LogP contribution is -2.62. The van der Waals surface area contributed by atoms with Crippen LogP contribution in [0.3, 0.4) is 0 Å². The van der Waals surface area contributed by atoms with Gasteiger partial charge in [-0.1, -0.05) is 189 Å². The maximum atomic E-state index is 4.87. The van der Waals surface area contributed by atoms with E-state index < -0.39 is 0 Å². The molecule has 0 amide bonds. The van der Waals surface area contributed by atoms with Gasteiger partial charge in [0.25, 0.3) is 6.71 Å². The first kappa shape index (κ1) is 55.8. The van der Waals surface area contributed by atoms with E-state index in [1.165, 1.54) is 144 Å². The molecule has 4 atom stereocenters. The molecule has 0 saturated heterocycles. The SMILES string of the molecule is CC(C)(C)c1ccc(N2c3ccc(C(C)(C)C)cc3B3c4ccc(N5c6ccc(-c7ccccn7)cc6C6(C)CCCCC56C)cc4N(c4ccc(C(C)(C)C)cc4)c4cc(N5c6ccc(C(C)(C)C)cc6C6(C)CCCCC56C)cc2c43)cc1. The van der Waals surface area contributed by atoms with Gasteiger partial charge in [-0.25, -0.2) is 0 Å². The number of fused-ring (bicyclic) bond motifs is 10. The van der Waals surface area contributed by atoms with Gasteiger partial charge in [-0.2, -0.15) is 0 Å². The monoisotopic (exact) mass is 1120 g/mol. The normalized spacial score (nSPS) is 23.2. The highest BCUT2D eigenvalue weighted by Crippen LogP contribution is 2.64. The maximum Gasteiger partial charge on any atom is 0.252 e. The lowest BCUT2D eigenvalue weighted by molar-refractivity contribution is 0.195. The van der Waals surface area contributed by atoms with Crippen molar-refractivity contribution >= 4 is 80.0 Å². The molecule has 8 aromatic rings. The van der Waals surface area contributed by atoms with Gasteiger partial charge in [-0.3, -0.25) is 4.98 Å². The van der Waals surface area contributed by atoms with E-state index in [1.54, 1.807) is 0 Å². The third-order valence-electron chi connectivity index (χ3n) is 22.4. The third kappa shape index (κ3) is 8.25. The van der Waals surface area contributed by atoms with Gasteiger partial charge >= 0.3 is 0 Å². The Morgan fingerprint density at radius 2 is 0.824 bits per heavy atom. The Hall–Kier alpha value is -7.05. The molecule has 1 aromatic heterocycles. The molecule has 7 aromatic carbocycles. The Morgan fingerprint density at radius 1 is 0.376 bits per heavy atom. The molecule has 5 nitrogen and oxygen atoms in total.